The SMILES string of the molecule is C=C/C(=C\C(C)=C/C)c1ccc(C(=O)N2CCC(Cn3cc4c(C)c(C(=O)NCCOC)ccc4n3)CC2)cc1. The van der Waals surface area contributed by atoms with Crippen LogP contribution in [0.15, 0.2) is 73.0 Å². The van der Waals surface area contributed by atoms with Crippen molar-refractivity contribution in [2.24, 2.45) is 5.92 Å². The number of aromatic nitrogens is 2. The molecule has 0 atom stereocenters. The van der Waals surface area contributed by atoms with E-state index in [2.05, 4.69) is 31.0 Å². The summed E-state index contributed by atoms with van der Waals surface area (Å²) in [4.78, 5) is 27.7. The predicted octanol–water partition coefficient (Wildman–Crippen LogP) is 5.81. The summed E-state index contributed by atoms with van der Waals surface area (Å²) in [7, 11) is 1.61. The van der Waals surface area contributed by atoms with E-state index < -0.39 is 0 Å². The molecule has 0 saturated carbocycles. The van der Waals surface area contributed by atoms with Gasteiger partial charge >= 0.3 is 0 Å². The molecule has 210 valence electrons. The van der Waals surface area contributed by atoms with Gasteiger partial charge in [0.15, 0.2) is 0 Å². The molecule has 40 heavy (non-hydrogen) atoms. The van der Waals surface area contributed by atoms with Gasteiger partial charge in [-0.25, -0.2) is 0 Å². The van der Waals surface area contributed by atoms with E-state index in [0.29, 0.717) is 30.2 Å². The number of amides is 2. The number of nitrogens with one attached hydrogen (secondary N) is 1. The van der Waals surface area contributed by atoms with Crippen LogP contribution in [0.25, 0.3) is 16.5 Å². The molecule has 7 nitrogen and oxygen atoms in total. The Bertz CT molecular complexity index is 1420. The quantitative estimate of drug-likeness (QED) is 0.260. The summed E-state index contributed by atoms with van der Waals surface area (Å²) in [6.45, 7) is 13.2. The third-order valence-corrected chi connectivity index (χ3v) is 7.71. The van der Waals surface area contributed by atoms with Crippen molar-refractivity contribution in [2.45, 2.75) is 40.2 Å². The number of hydrogen-bond donors (Lipinski definition) is 1. The van der Waals surface area contributed by atoms with Gasteiger partial charge in [0.1, 0.15) is 0 Å². The van der Waals surface area contributed by atoms with E-state index in [1.807, 2.05) is 72.1 Å². The molecule has 1 aromatic heterocycles. The van der Waals surface area contributed by atoms with Crippen LogP contribution in [0.5, 0.6) is 0 Å². The summed E-state index contributed by atoms with van der Waals surface area (Å²) in [6.07, 6.45) is 9.90. The highest BCUT2D eigenvalue weighted by Crippen LogP contribution is 2.25. The van der Waals surface area contributed by atoms with Crippen LogP contribution >= 0.6 is 0 Å². The second-order valence-corrected chi connectivity index (χ2v) is 10.4. The summed E-state index contributed by atoms with van der Waals surface area (Å²) in [5.41, 5.74) is 6.44. The minimum absolute atomic E-state index is 0.0792. The topological polar surface area (TPSA) is 76.5 Å². The van der Waals surface area contributed by atoms with E-state index in [4.69, 9.17) is 9.84 Å². The van der Waals surface area contributed by atoms with Gasteiger partial charge < -0.3 is 15.0 Å². The van der Waals surface area contributed by atoms with Crippen LogP contribution in [-0.2, 0) is 11.3 Å². The smallest absolute Gasteiger partial charge is 0.253 e. The molecule has 7 heteroatoms. The highest BCUT2D eigenvalue weighted by Gasteiger charge is 2.24. The lowest BCUT2D eigenvalue weighted by atomic mass is 9.96. The number of benzene rings is 2. The highest BCUT2D eigenvalue weighted by atomic mass is 16.5. The summed E-state index contributed by atoms with van der Waals surface area (Å²) >= 11 is 0. The number of methoxy groups -OCH3 is 1. The summed E-state index contributed by atoms with van der Waals surface area (Å²) in [5, 5.41) is 8.65. The Morgan fingerprint density at radius 1 is 1.12 bits per heavy atom. The van der Waals surface area contributed by atoms with Crippen LogP contribution < -0.4 is 5.32 Å². The molecule has 0 bridgehead atoms. The molecule has 4 rings (SSSR count). The maximum atomic E-state index is 13.2. The number of hydrogen-bond acceptors (Lipinski definition) is 4. The summed E-state index contributed by atoms with van der Waals surface area (Å²) in [6, 6.07) is 11.6. The molecule has 1 fully saturated rings. The molecule has 3 aromatic rings. The molecule has 1 aliphatic heterocycles. The highest BCUT2D eigenvalue weighted by molar-refractivity contribution is 6.00. The van der Waals surface area contributed by atoms with Crippen LogP contribution in [0.4, 0.5) is 0 Å². The van der Waals surface area contributed by atoms with Crippen molar-refractivity contribution in [1.82, 2.24) is 20.0 Å². The molecule has 2 aromatic carbocycles. The molecule has 0 aliphatic carbocycles. The van der Waals surface area contributed by atoms with E-state index in [9.17, 15) is 9.59 Å². The Balaban J connectivity index is 1.35. The van der Waals surface area contributed by atoms with Gasteiger partial charge in [-0.3, -0.25) is 14.3 Å². The molecule has 1 saturated heterocycles. The second kappa shape index (κ2) is 13.4. The first-order chi connectivity index (χ1) is 19.3. The molecule has 2 amide bonds. The molecule has 0 radical (unpaired) electrons. The van der Waals surface area contributed by atoms with Gasteiger partial charge in [0.25, 0.3) is 11.8 Å². The third-order valence-electron chi connectivity index (χ3n) is 7.71. The van der Waals surface area contributed by atoms with Crippen molar-refractivity contribution >= 4 is 28.3 Å². The van der Waals surface area contributed by atoms with Gasteiger partial charge in [0, 0.05) is 56.0 Å². The van der Waals surface area contributed by atoms with Crippen molar-refractivity contribution in [2.75, 3.05) is 33.4 Å². The molecule has 1 aliphatic rings. The van der Waals surface area contributed by atoms with E-state index in [1.54, 1.807) is 7.11 Å². The Kier molecular flexibility index (Phi) is 9.72. The van der Waals surface area contributed by atoms with Crippen molar-refractivity contribution in [1.29, 1.82) is 0 Å². The predicted molar refractivity (Wildman–Crippen MR) is 161 cm³/mol. The molecule has 0 unspecified atom stereocenters. The number of carbonyl (C=O) groups excluding carboxylic acids is 2. The largest absolute Gasteiger partial charge is 0.383 e. The maximum Gasteiger partial charge on any atom is 0.253 e. The van der Waals surface area contributed by atoms with Crippen molar-refractivity contribution in [3.63, 3.8) is 0 Å². The lowest BCUT2D eigenvalue weighted by Crippen LogP contribution is -2.39. The van der Waals surface area contributed by atoms with Gasteiger partial charge in [-0.15, -0.1) is 0 Å². The zero-order valence-electron chi connectivity index (χ0n) is 24.1. The van der Waals surface area contributed by atoms with E-state index >= 15 is 0 Å². The summed E-state index contributed by atoms with van der Waals surface area (Å²) < 4.78 is 7.01. The molecule has 0 spiro atoms. The monoisotopic (exact) mass is 540 g/mol. The van der Waals surface area contributed by atoms with Crippen LogP contribution in [-0.4, -0.2) is 59.8 Å². The Morgan fingerprint density at radius 3 is 2.48 bits per heavy atom. The lowest BCUT2D eigenvalue weighted by molar-refractivity contribution is 0.0681. The minimum Gasteiger partial charge on any atom is -0.383 e. The Hall–Kier alpha value is -3.97. The van der Waals surface area contributed by atoms with Gasteiger partial charge in [0.05, 0.1) is 12.1 Å². The number of fused-ring (bicyclic) bond motifs is 1. The van der Waals surface area contributed by atoms with Crippen molar-refractivity contribution in [3.05, 3.63) is 95.2 Å². The number of ether oxygens (including phenoxy) is 1. The van der Waals surface area contributed by atoms with E-state index in [-0.39, 0.29) is 11.8 Å². The average Bonchev–Trinajstić information content (AvgIpc) is 3.39. The number of piperidine rings is 1. The Labute approximate surface area is 237 Å². The first-order valence-corrected chi connectivity index (χ1v) is 13.9. The zero-order valence-corrected chi connectivity index (χ0v) is 24.1. The Morgan fingerprint density at radius 2 is 1.82 bits per heavy atom. The van der Waals surface area contributed by atoms with Crippen molar-refractivity contribution < 1.29 is 14.3 Å². The van der Waals surface area contributed by atoms with Crippen molar-refractivity contribution in [3.8, 4) is 0 Å². The normalized spacial score (nSPS) is 14.9. The van der Waals surface area contributed by atoms with E-state index in [1.165, 1.54) is 5.57 Å². The fourth-order valence-electron chi connectivity index (χ4n) is 5.14. The van der Waals surface area contributed by atoms with Gasteiger partial charge in [-0.1, -0.05) is 42.5 Å². The van der Waals surface area contributed by atoms with E-state index in [0.717, 1.165) is 60.1 Å². The number of allylic oxidation sites excluding steroid dienone is 5. The standard InChI is InChI=1S/C33H40N4O3/c1-6-23(3)20-26(7-2)27-8-10-28(11-9-27)33(39)36-17-14-25(15-18-36)21-37-22-30-24(4)29(12-13-31(30)35-37)32(38)34-16-19-40-5/h6-13,20,22,25H,2,14-19,21H2,1,3-5H3,(H,34,38)/b23-6-,26-20+. The van der Waals surface area contributed by atoms with Crippen LogP contribution in [0.3, 0.4) is 0 Å². The van der Waals surface area contributed by atoms with Gasteiger partial charge in [-0.05, 0) is 80.5 Å². The lowest BCUT2D eigenvalue weighted by Gasteiger charge is -2.32. The van der Waals surface area contributed by atoms with Gasteiger partial charge in [-0.2, -0.15) is 5.10 Å². The number of rotatable bonds is 10. The zero-order chi connectivity index (χ0) is 28.6. The van der Waals surface area contributed by atoms with Crippen LogP contribution in [0, 0.1) is 12.8 Å². The fourth-order valence-corrected chi connectivity index (χ4v) is 5.14. The van der Waals surface area contributed by atoms with Gasteiger partial charge in [0.2, 0.25) is 0 Å². The number of carbonyl (C=O) groups is 2. The second-order valence-electron chi connectivity index (χ2n) is 10.4. The van der Waals surface area contributed by atoms with Crippen LogP contribution in [0.1, 0.15) is 58.5 Å². The fraction of sp³-hybridized carbons (Fsp3) is 0.364. The number of likely N-dealkylation sites (tertiary alicyclic amines) is 1. The number of nitrogens with zero attached hydrogens (tertiary/aromatic N) is 3. The molecular formula is C33H40N4O3. The number of aryl methyl sites for hydroxylation is 1. The first-order valence-electron chi connectivity index (χ1n) is 13.9. The average molecular weight is 541 g/mol. The third kappa shape index (κ3) is 6.77. The molecule has 1 N–H and O–H groups in total. The molecule has 2 heterocycles. The molecular weight excluding hydrogens is 500 g/mol. The maximum absolute atomic E-state index is 13.2. The first kappa shape index (κ1) is 29.0. The summed E-state index contributed by atoms with van der Waals surface area (Å²) in [5.74, 6) is 0.417. The van der Waals surface area contributed by atoms with Crippen LogP contribution in [0.2, 0.25) is 0 Å². The minimum atomic E-state index is -0.0998.